The lowest BCUT2D eigenvalue weighted by Crippen LogP contribution is -2.44. The lowest BCUT2D eigenvalue weighted by atomic mass is 9.92. The topological polar surface area (TPSA) is 71.2 Å². The standard InChI is InChI=1S/C16H26N4OS.ClH/c17-16-18-10-14(22-16)11-20-8-6-12(7-9-20)15(21)19-13-4-2-1-3-5-13;/h10,12-13H,1-9,11H2,(H2,17,18)(H,19,21);1H. The third kappa shape index (κ3) is 5.33. The maximum Gasteiger partial charge on any atom is 0.223 e. The van der Waals surface area contributed by atoms with Gasteiger partial charge in [0.2, 0.25) is 5.91 Å². The first-order valence-electron chi connectivity index (χ1n) is 8.43. The maximum absolute atomic E-state index is 12.4. The molecule has 1 aromatic heterocycles. The highest BCUT2D eigenvalue weighted by Crippen LogP contribution is 2.23. The molecule has 3 rings (SSSR count). The summed E-state index contributed by atoms with van der Waals surface area (Å²) in [6, 6.07) is 0.430. The smallest absolute Gasteiger partial charge is 0.223 e. The van der Waals surface area contributed by atoms with Crippen molar-refractivity contribution in [3.05, 3.63) is 11.1 Å². The third-order valence-electron chi connectivity index (χ3n) is 4.86. The molecule has 0 unspecified atom stereocenters. The number of likely N-dealkylation sites (tertiary alicyclic amines) is 1. The zero-order valence-corrected chi connectivity index (χ0v) is 15.1. The van der Waals surface area contributed by atoms with E-state index in [0.717, 1.165) is 45.3 Å². The number of hydrogen-bond acceptors (Lipinski definition) is 5. The Morgan fingerprint density at radius 3 is 2.57 bits per heavy atom. The number of nitrogen functional groups attached to an aromatic ring is 1. The molecule has 23 heavy (non-hydrogen) atoms. The number of piperidine rings is 1. The highest BCUT2D eigenvalue weighted by atomic mass is 35.5. The fraction of sp³-hybridized carbons (Fsp3) is 0.750. The molecule has 1 aromatic rings. The lowest BCUT2D eigenvalue weighted by molar-refractivity contribution is -0.127. The summed E-state index contributed by atoms with van der Waals surface area (Å²) in [6.07, 6.45) is 9.98. The second-order valence-corrected chi connectivity index (χ2v) is 7.71. The number of hydrogen-bond donors (Lipinski definition) is 2. The molecule has 7 heteroatoms. The first kappa shape index (κ1) is 18.5. The van der Waals surface area contributed by atoms with Crippen LogP contribution >= 0.6 is 23.7 Å². The Labute approximate surface area is 148 Å². The van der Waals surface area contributed by atoms with Gasteiger partial charge in [-0.2, -0.15) is 0 Å². The molecule has 2 aliphatic rings. The van der Waals surface area contributed by atoms with Crippen molar-refractivity contribution < 1.29 is 4.79 Å². The first-order valence-corrected chi connectivity index (χ1v) is 9.25. The van der Waals surface area contributed by atoms with Crippen molar-refractivity contribution in [3.63, 3.8) is 0 Å². The number of nitrogens with zero attached hydrogens (tertiary/aromatic N) is 2. The van der Waals surface area contributed by atoms with Crippen LogP contribution in [0.15, 0.2) is 6.20 Å². The summed E-state index contributed by atoms with van der Waals surface area (Å²) >= 11 is 1.56. The molecule has 2 fully saturated rings. The first-order chi connectivity index (χ1) is 10.7. The molecule has 0 radical (unpaired) electrons. The van der Waals surface area contributed by atoms with Gasteiger partial charge in [-0.15, -0.1) is 23.7 Å². The van der Waals surface area contributed by atoms with Crippen molar-refractivity contribution in [2.24, 2.45) is 5.92 Å². The average Bonchev–Trinajstić information content (AvgIpc) is 2.94. The van der Waals surface area contributed by atoms with E-state index in [0.29, 0.717) is 11.2 Å². The summed E-state index contributed by atoms with van der Waals surface area (Å²) in [5.74, 6) is 0.485. The van der Waals surface area contributed by atoms with E-state index in [1.54, 1.807) is 11.3 Å². The monoisotopic (exact) mass is 358 g/mol. The minimum absolute atomic E-state index is 0. The molecule has 130 valence electrons. The molecular weight excluding hydrogens is 332 g/mol. The third-order valence-corrected chi connectivity index (χ3v) is 5.67. The molecule has 0 spiro atoms. The molecule has 5 nitrogen and oxygen atoms in total. The van der Waals surface area contributed by atoms with Crippen LogP contribution in [0.5, 0.6) is 0 Å². The van der Waals surface area contributed by atoms with E-state index in [1.165, 1.54) is 24.1 Å². The number of halogens is 1. The molecule has 2 heterocycles. The Balaban J connectivity index is 0.00000192. The van der Waals surface area contributed by atoms with Crippen LogP contribution in [0.3, 0.4) is 0 Å². The van der Waals surface area contributed by atoms with E-state index in [-0.39, 0.29) is 24.2 Å². The number of amides is 1. The summed E-state index contributed by atoms with van der Waals surface area (Å²) in [5.41, 5.74) is 5.67. The summed E-state index contributed by atoms with van der Waals surface area (Å²) < 4.78 is 0. The molecule has 0 atom stereocenters. The molecule has 1 saturated heterocycles. The van der Waals surface area contributed by atoms with Crippen LogP contribution in [0.4, 0.5) is 5.13 Å². The number of nitrogens with one attached hydrogen (secondary N) is 1. The second-order valence-electron chi connectivity index (χ2n) is 6.56. The van der Waals surface area contributed by atoms with Gasteiger partial charge in [-0.3, -0.25) is 9.69 Å². The second kappa shape index (κ2) is 8.85. The van der Waals surface area contributed by atoms with Crippen molar-refractivity contribution in [1.29, 1.82) is 0 Å². The summed E-state index contributed by atoms with van der Waals surface area (Å²) in [5, 5.41) is 3.91. The fourth-order valence-corrected chi connectivity index (χ4v) is 4.26. The Morgan fingerprint density at radius 2 is 1.96 bits per heavy atom. The van der Waals surface area contributed by atoms with Gasteiger partial charge in [-0.1, -0.05) is 19.3 Å². The Kier molecular flexibility index (Phi) is 7.11. The molecule has 1 saturated carbocycles. The molecule has 0 bridgehead atoms. The molecule has 0 aromatic carbocycles. The predicted octanol–water partition coefficient (Wildman–Crippen LogP) is 2.81. The van der Waals surface area contributed by atoms with Gasteiger partial charge >= 0.3 is 0 Å². The number of thiazole rings is 1. The quantitative estimate of drug-likeness (QED) is 0.868. The molecule has 1 aliphatic heterocycles. The highest BCUT2D eigenvalue weighted by Gasteiger charge is 2.27. The van der Waals surface area contributed by atoms with Crippen LogP contribution in [-0.4, -0.2) is 34.9 Å². The van der Waals surface area contributed by atoms with E-state index < -0.39 is 0 Å². The SMILES string of the molecule is Cl.Nc1ncc(CN2CCC(C(=O)NC3CCCCC3)CC2)s1. The van der Waals surface area contributed by atoms with Gasteiger partial charge in [-0.05, 0) is 38.8 Å². The van der Waals surface area contributed by atoms with Gasteiger partial charge in [0.1, 0.15) is 0 Å². The van der Waals surface area contributed by atoms with Crippen LogP contribution in [0.25, 0.3) is 0 Å². The Bertz CT molecular complexity index is 496. The van der Waals surface area contributed by atoms with Gasteiger partial charge in [0.25, 0.3) is 0 Å². The minimum Gasteiger partial charge on any atom is -0.375 e. The molecule has 1 amide bonds. The van der Waals surface area contributed by atoms with E-state index >= 15 is 0 Å². The normalized spacial score (nSPS) is 20.9. The number of rotatable bonds is 4. The van der Waals surface area contributed by atoms with E-state index in [9.17, 15) is 4.79 Å². The number of aromatic nitrogens is 1. The van der Waals surface area contributed by atoms with Gasteiger partial charge in [-0.25, -0.2) is 4.98 Å². The summed E-state index contributed by atoms with van der Waals surface area (Å²) in [6.45, 7) is 2.88. The van der Waals surface area contributed by atoms with Crippen molar-refractivity contribution in [2.45, 2.75) is 57.5 Å². The zero-order chi connectivity index (χ0) is 15.4. The largest absolute Gasteiger partial charge is 0.375 e. The van der Waals surface area contributed by atoms with Crippen molar-refractivity contribution in [3.8, 4) is 0 Å². The Morgan fingerprint density at radius 1 is 1.26 bits per heavy atom. The molecule has 1 aliphatic carbocycles. The maximum atomic E-state index is 12.4. The minimum atomic E-state index is 0. The predicted molar refractivity (Wildman–Crippen MR) is 96.8 cm³/mol. The Hall–Kier alpha value is -0.850. The van der Waals surface area contributed by atoms with Gasteiger partial charge in [0.05, 0.1) is 0 Å². The number of carbonyl (C=O) groups is 1. The van der Waals surface area contributed by atoms with Crippen LogP contribution in [0.2, 0.25) is 0 Å². The van der Waals surface area contributed by atoms with E-state index in [4.69, 9.17) is 5.73 Å². The highest BCUT2D eigenvalue weighted by molar-refractivity contribution is 7.15. The van der Waals surface area contributed by atoms with Gasteiger partial charge in [0.15, 0.2) is 5.13 Å². The number of anilines is 1. The van der Waals surface area contributed by atoms with Crippen molar-refractivity contribution in [1.82, 2.24) is 15.2 Å². The van der Waals surface area contributed by atoms with Crippen molar-refractivity contribution >= 4 is 34.8 Å². The average molecular weight is 359 g/mol. The summed E-state index contributed by atoms with van der Waals surface area (Å²) in [7, 11) is 0. The van der Waals surface area contributed by atoms with Gasteiger partial charge < -0.3 is 11.1 Å². The fourth-order valence-electron chi connectivity index (χ4n) is 3.54. The zero-order valence-electron chi connectivity index (χ0n) is 13.5. The van der Waals surface area contributed by atoms with Crippen LogP contribution in [-0.2, 0) is 11.3 Å². The van der Waals surface area contributed by atoms with Crippen molar-refractivity contribution in [2.75, 3.05) is 18.8 Å². The molecule has 3 N–H and O–H groups in total. The van der Waals surface area contributed by atoms with E-state index in [1.807, 2.05) is 6.20 Å². The lowest BCUT2D eigenvalue weighted by Gasteiger charge is -2.32. The summed E-state index contributed by atoms with van der Waals surface area (Å²) in [4.78, 5) is 20.1. The van der Waals surface area contributed by atoms with Crippen LogP contribution in [0.1, 0.15) is 49.8 Å². The number of carbonyl (C=O) groups excluding carboxylic acids is 1. The molecular formula is C16H27ClN4OS. The van der Waals surface area contributed by atoms with Crippen LogP contribution in [0, 0.1) is 5.92 Å². The van der Waals surface area contributed by atoms with Gasteiger partial charge in [0, 0.05) is 29.6 Å². The van der Waals surface area contributed by atoms with Crippen LogP contribution < -0.4 is 11.1 Å². The van der Waals surface area contributed by atoms with E-state index in [2.05, 4.69) is 15.2 Å². The number of nitrogens with two attached hydrogens (primary N) is 1.